The molecular weight excluding hydrogens is 373 g/mol. The van der Waals surface area contributed by atoms with E-state index < -0.39 is 12.4 Å². The fourth-order valence-corrected chi connectivity index (χ4v) is 3.53. The second kappa shape index (κ2) is 9.64. The number of fused-ring (bicyclic) bond motifs is 1. The van der Waals surface area contributed by atoms with Crippen molar-refractivity contribution < 1.29 is 17.9 Å². The average Bonchev–Trinajstić information content (AvgIpc) is 2.71. The van der Waals surface area contributed by atoms with Crippen LogP contribution in [0.3, 0.4) is 0 Å². The number of halogens is 3. The van der Waals surface area contributed by atoms with Gasteiger partial charge in [0.15, 0.2) is 0 Å². The van der Waals surface area contributed by atoms with Gasteiger partial charge in [0, 0.05) is 10.9 Å². The van der Waals surface area contributed by atoms with Gasteiger partial charge in [0.05, 0.1) is 0 Å². The molecule has 0 saturated heterocycles. The first kappa shape index (κ1) is 21.0. The zero-order valence-corrected chi connectivity index (χ0v) is 16.7. The summed E-state index contributed by atoms with van der Waals surface area (Å²) in [5, 5.41) is 0.967. The number of hydrogen-bond acceptors (Lipinski definition) is 1. The van der Waals surface area contributed by atoms with Gasteiger partial charge in [0.25, 0.3) is 0 Å². The maximum atomic E-state index is 15.0. The Kier molecular flexibility index (Phi) is 6.97. The van der Waals surface area contributed by atoms with Crippen molar-refractivity contribution in [3.63, 3.8) is 0 Å². The highest BCUT2D eigenvalue weighted by Crippen LogP contribution is 2.34. The highest BCUT2D eigenvalue weighted by Gasteiger charge is 2.17. The number of rotatable bonds is 8. The predicted molar refractivity (Wildman–Crippen MR) is 113 cm³/mol. The molecular formula is C25H25F3O. The Bertz CT molecular complexity index is 991. The van der Waals surface area contributed by atoms with Gasteiger partial charge in [-0.1, -0.05) is 61.9 Å². The van der Waals surface area contributed by atoms with Gasteiger partial charge in [-0.05, 0) is 60.4 Å². The van der Waals surface area contributed by atoms with Crippen LogP contribution >= 0.6 is 0 Å². The molecule has 3 aromatic rings. The molecule has 3 aromatic carbocycles. The minimum atomic E-state index is -2.99. The summed E-state index contributed by atoms with van der Waals surface area (Å²) < 4.78 is 45.2. The maximum Gasteiger partial charge on any atom is 0.387 e. The number of benzene rings is 3. The van der Waals surface area contributed by atoms with E-state index in [1.807, 2.05) is 44.2 Å². The molecule has 0 aliphatic carbocycles. The summed E-state index contributed by atoms with van der Waals surface area (Å²) in [4.78, 5) is 0. The van der Waals surface area contributed by atoms with Crippen LogP contribution in [0.4, 0.5) is 13.2 Å². The standard InChI is InChI=1S/C25H25F3O/c1-3-5-6-8-17-9-11-18(12-10-17)19-13-14-21-20(15-19)16-23(29-25(27)28)22(7-4-2)24(21)26/h3,5,9-16,25H,4,6-8H2,1-2H3/b5-3+. The largest absolute Gasteiger partial charge is 0.434 e. The number of aryl methyl sites for hydroxylation is 1. The van der Waals surface area contributed by atoms with E-state index >= 15 is 0 Å². The number of alkyl halides is 2. The normalized spacial score (nSPS) is 11.7. The summed E-state index contributed by atoms with van der Waals surface area (Å²) in [6, 6.07) is 15.1. The molecule has 0 aromatic heterocycles. The van der Waals surface area contributed by atoms with Gasteiger partial charge in [-0.15, -0.1) is 0 Å². The average molecular weight is 398 g/mol. The molecule has 29 heavy (non-hydrogen) atoms. The van der Waals surface area contributed by atoms with Crippen LogP contribution in [-0.2, 0) is 12.8 Å². The molecule has 0 aliphatic heterocycles. The van der Waals surface area contributed by atoms with Crippen LogP contribution in [0.2, 0.25) is 0 Å². The Balaban J connectivity index is 1.97. The summed E-state index contributed by atoms with van der Waals surface area (Å²) in [7, 11) is 0. The van der Waals surface area contributed by atoms with Crippen molar-refractivity contribution in [1.82, 2.24) is 0 Å². The Morgan fingerprint density at radius 2 is 1.69 bits per heavy atom. The molecule has 0 amide bonds. The minimum Gasteiger partial charge on any atom is -0.434 e. The van der Waals surface area contributed by atoms with Crippen molar-refractivity contribution in [1.29, 1.82) is 0 Å². The molecule has 0 N–H and O–H groups in total. The van der Waals surface area contributed by atoms with E-state index in [4.69, 9.17) is 0 Å². The fraction of sp³-hybridized carbons (Fsp3) is 0.280. The quantitative estimate of drug-likeness (QED) is 0.353. The second-order valence-electron chi connectivity index (χ2n) is 7.04. The number of hydrogen-bond donors (Lipinski definition) is 0. The summed E-state index contributed by atoms with van der Waals surface area (Å²) >= 11 is 0. The van der Waals surface area contributed by atoms with Crippen LogP contribution in [0.5, 0.6) is 5.75 Å². The predicted octanol–water partition coefficient (Wildman–Crippen LogP) is 7.71. The van der Waals surface area contributed by atoms with Crippen molar-refractivity contribution in [2.75, 3.05) is 0 Å². The van der Waals surface area contributed by atoms with E-state index in [-0.39, 0.29) is 11.3 Å². The van der Waals surface area contributed by atoms with E-state index in [1.165, 1.54) is 11.6 Å². The number of ether oxygens (including phenoxy) is 1. The molecule has 0 fully saturated rings. The van der Waals surface area contributed by atoms with Crippen LogP contribution < -0.4 is 4.74 Å². The van der Waals surface area contributed by atoms with Crippen LogP contribution in [0.25, 0.3) is 21.9 Å². The first-order valence-corrected chi connectivity index (χ1v) is 9.94. The third-order valence-electron chi connectivity index (χ3n) is 4.98. The Labute approximate surface area is 169 Å². The van der Waals surface area contributed by atoms with E-state index in [0.717, 1.165) is 24.0 Å². The van der Waals surface area contributed by atoms with E-state index in [9.17, 15) is 13.2 Å². The van der Waals surface area contributed by atoms with Gasteiger partial charge in [-0.25, -0.2) is 4.39 Å². The summed E-state index contributed by atoms with van der Waals surface area (Å²) in [6.45, 7) is 0.899. The Morgan fingerprint density at radius 1 is 0.966 bits per heavy atom. The van der Waals surface area contributed by atoms with Gasteiger partial charge in [0.1, 0.15) is 11.6 Å². The molecule has 0 heterocycles. The van der Waals surface area contributed by atoms with Crippen LogP contribution in [-0.4, -0.2) is 6.61 Å². The third kappa shape index (κ3) is 5.00. The molecule has 0 bridgehead atoms. The zero-order chi connectivity index (χ0) is 20.8. The molecule has 1 nitrogen and oxygen atoms in total. The molecule has 0 radical (unpaired) electrons. The number of allylic oxidation sites excluding steroid dienone is 2. The molecule has 4 heteroatoms. The smallest absolute Gasteiger partial charge is 0.387 e. The second-order valence-corrected chi connectivity index (χ2v) is 7.04. The summed E-state index contributed by atoms with van der Waals surface area (Å²) in [6.07, 6.45) is 7.14. The lowest BCUT2D eigenvalue weighted by Gasteiger charge is -2.14. The van der Waals surface area contributed by atoms with E-state index in [2.05, 4.69) is 22.9 Å². The third-order valence-corrected chi connectivity index (χ3v) is 4.98. The fourth-order valence-electron chi connectivity index (χ4n) is 3.53. The van der Waals surface area contributed by atoms with Crippen LogP contribution in [0.15, 0.2) is 60.7 Å². The molecule has 0 atom stereocenters. The highest BCUT2D eigenvalue weighted by molar-refractivity contribution is 5.90. The zero-order valence-electron chi connectivity index (χ0n) is 16.7. The highest BCUT2D eigenvalue weighted by atomic mass is 19.3. The molecule has 0 aliphatic rings. The lowest BCUT2D eigenvalue weighted by molar-refractivity contribution is -0.0505. The van der Waals surface area contributed by atoms with Crippen LogP contribution in [0, 0.1) is 5.82 Å². The Morgan fingerprint density at radius 3 is 2.34 bits per heavy atom. The van der Waals surface area contributed by atoms with Gasteiger partial charge in [-0.2, -0.15) is 8.78 Å². The lowest BCUT2D eigenvalue weighted by Crippen LogP contribution is -2.06. The molecule has 0 spiro atoms. The van der Waals surface area contributed by atoms with Crippen molar-refractivity contribution in [2.24, 2.45) is 0 Å². The van der Waals surface area contributed by atoms with Gasteiger partial charge >= 0.3 is 6.61 Å². The van der Waals surface area contributed by atoms with E-state index in [0.29, 0.717) is 23.6 Å². The minimum absolute atomic E-state index is 0.0803. The van der Waals surface area contributed by atoms with Crippen molar-refractivity contribution >= 4 is 10.8 Å². The summed E-state index contributed by atoms with van der Waals surface area (Å²) in [5.74, 6) is -0.561. The molecule has 152 valence electrons. The monoisotopic (exact) mass is 398 g/mol. The SMILES string of the molecule is C/C=C/CCc1ccc(-c2ccc3c(F)c(CCC)c(OC(F)F)cc3c2)cc1. The van der Waals surface area contributed by atoms with E-state index in [1.54, 1.807) is 6.07 Å². The van der Waals surface area contributed by atoms with Crippen LogP contribution in [0.1, 0.15) is 37.8 Å². The van der Waals surface area contributed by atoms with Gasteiger partial charge in [0.2, 0.25) is 0 Å². The molecule has 3 rings (SSSR count). The first-order valence-electron chi connectivity index (χ1n) is 9.94. The van der Waals surface area contributed by atoms with Gasteiger partial charge in [-0.3, -0.25) is 0 Å². The van der Waals surface area contributed by atoms with Crippen molar-refractivity contribution in [3.05, 3.63) is 77.6 Å². The Hall–Kier alpha value is -2.75. The van der Waals surface area contributed by atoms with Crippen molar-refractivity contribution in [3.8, 4) is 16.9 Å². The topological polar surface area (TPSA) is 9.23 Å². The first-order chi connectivity index (χ1) is 14.0. The molecule has 0 unspecified atom stereocenters. The molecule has 0 saturated carbocycles. The lowest BCUT2D eigenvalue weighted by atomic mass is 9.96. The maximum absolute atomic E-state index is 15.0. The summed E-state index contributed by atoms with van der Waals surface area (Å²) in [5.41, 5.74) is 3.35. The van der Waals surface area contributed by atoms with Crippen molar-refractivity contribution in [2.45, 2.75) is 46.1 Å². The van der Waals surface area contributed by atoms with Gasteiger partial charge < -0.3 is 4.74 Å².